The number of benzene rings is 1. The second kappa shape index (κ2) is 6.38. The maximum Gasteiger partial charge on any atom is 0.119 e. The average molecular weight is 302 g/mol. The lowest BCUT2D eigenvalue weighted by molar-refractivity contribution is 0.0679. The highest BCUT2D eigenvalue weighted by molar-refractivity contribution is 9.10. The van der Waals surface area contributed by atoms with Gasteiger partial charge in [0.15, 0.2) is 0 Å². The first-order valence-electron chi connectivity index (χ1n) is 5.66. The van der Waals surface area contributed by atoms with Crippen molar-refractivity contribution in [3.05, 3.63) is 28.7 Å². The molecule has 1 aromatic carbocycles. The Morgan fingerprint density at radius 3 is 2.41 bits per heavy atom. The second-order valence-corrected chi connectivity index (χ2v) is 5.61. The minimum absolute atomic E-state index is 0.141. The van der Waals surface area contributed by atoms with Gasteiger partial charge in [0.25, 0.3) is 0 Å². The molecule has 0 spiro atoms. The van der Waals surface area contributed by atoms with Gasteiger partial charge in [0.05, 0.1) is 6.61 Å². The summed E-state index contributed by atoms with van der Waals surface area (Å²) in [6.45, 7) is 5.55. The fourth-order valence-electron chi connectivity index (χ4n) is 1.25. The van der Waals surface area contributed by atoms with Crippen LogP contribution in [0.2, 0.25) is 0 Å². The van der Waals surface area contributed by atoms with E-state index in [2.05, 4.69) is 20.8 Å². The van der Waals surface area contributed by atoms with Gasteiger partial charge in [0, 0.05) is 16.6 Å². The molecule has 0 saturated carbocycles. The zero-order chi connectivity index (χ0) is 12.9. The van der Waals surface area contributed by atoms with Crippen LogP contribution in [0.25, 0.3) is 0 Å². The van der Waals surface area contributed by atoms with E-state index in [0.29, 0.717) is 6.61 Å². The minimum Gasteiger partial charge on any atom is -0.492 e. The number of halogens is 1. The molecule has 0 aliphatic rings. The van der Waals surface area contributed by atoms with E-state index >= 15 is 0 Å². The van der Waals surface area contributed by atoms with E-state index in [4.69, 9.17) is 4.74 Å². The average Bonchev–Trinajstić information content (AvgIpc) is 2.31. The van der Waals surface area contributed by atoms with E-state index in [9.17, 15) is 5.11 Å². The van der Waals surface area contributed by atoms with E-state index < -0.39 is 0 Å². The first-order valence-corrected chi connectivity index (χ1v) is 6.45. The van der Waals surface area contributed by atoms with E-state index in [0.717, 1.165) is 16.8 Å². The predicted molar refractivity (Wildman–Crippen MR) is 73.4 cm³/mol. The molecule has 1 aromatic rings. The van der Waals surface area contributed by atoms with Gasteiger partial charge in [-0.1, -0.05) is 15.9 Å². The summed E-state index contributed by atoms with van der Waals surface area (Å²) in [6, 6.07) is 7.77. The van der Waals surface area contributed by atoms with Gasteiger partial charge in [-0.3, -0.25) is 4.90 Å². The van der Waals surface area contributed by atoms with E-state index in [1.165, 1.54) is 0 Å². The number of aliphatic hydroxyl groups is 1. The summed E-state index contributed by atoms with van der Waals surface area (Å²) in [4.78, 5) is 2.09. The molecule has 17 heavy (non-hydrogen) atoms. The lowest BCUT2D eigenvalue weighted by atomic mass is 10.1. The summed E-state index contributed by atoms with van der Waals surface area (Å²) >= 11 is 3.38. The van der Waals surface area contributed by atoms with Crippen molar-refractivity contribution in [1.82, 2.24) is 4.90 Å². The van der Waals surface area contributed by atoms with Gasteiger partial charge in [0.2, 0.25) is 0 Å². The van der Waals surface area contributed by atoms with Crippen LogP contribution in [0.4, 0.5) is 0 Å². The van der Waals surface area contributed by atoms with Crippen LogP contribution in [-0.2, 0) is 0 Å². The Kier molecular flexibility index (Phi) is 5.43. The minimum atomic E-state index is -0.205. The van der Waals surface area contributed by atoms with Crippen molar-refractivity contribution in [2.75, 3.05) is 26.8 Å². The molecule has 0 aliphatic carbocycles. The van der Waals surface area contributed by atoms with Crippen LogP contribution >= 0.6 is 15.9 Å². The van der Waals surface area contributed by atoms with Crippen molar-refractivity contribution in [3.8, 4) is 5.75 Å². The van der Waals surface area contributed by atoms with Gasteiger partial charge in [-0.15, -0.1) is 0 Å². The summed E-state index contributed by atoms with van der Waals surface area (Å²) in [6.07, 6.45) is 0. The Morgan fingerprint density at radius 1 is 1.29 bits per heavy atom. The third-order valence-corrected chi connectivity index (χ3v) is 3.46. The quantitative estimate of drug-likeness (QED) is 0.876. The number of hydrogen-bond acceptors (Lipinski definition) is 3. The first-order chi connectivity index (χ1) is 7.95. The normalized spacial score (nSPS) is 11.9. The Morgan fingerprint density at radius 2 is 1.88 bits per heavy atom. The fraction of sp³-hybridized carbons (Fsp3) is 0.538. The molecule has 0 amide bonds. The Balaban J connectivity index is 2.35. The number of ether oxygens (including phenoxy) is 1. The number of rotatable bonds is 6. The van der Waals surface area contributed by atoms with Gasteiger partial charge in [-0.2, -0.15) is 0 Å². The largest absolute Gasteiger partial charge is 0.492 e. The van der Waals surface area contributed by atoms with E-state index in [1.807, 2.05) is 45.2 Å². The molecule has 0 bridgehead atoms. The van der Waals surface area contributed by atoms with Crippen molar-refractivity contribution in [2.24, 2.45) is 0 Å². The van der Waals surface area contributed by atoms with Crippen LogP contribution in [-0.4, -0.2) is 42.4 Å². The number of nitrogens with zero attached hydrogens (tertiary/aromatic N) is 1. The highest BCUT2D eigenvalue weighted by Gasteiger charge is 2.21. The van der Waals surface area contributed by atoms with Gasteiger partial charge >= 0.3 is 0 Å². The molecule has 0 aromatic heterocycles. The SMILES string of the molecule is CN(CCOc1ccc(Br)cc1)C(C)(C)CO. The molecule has 1 rings (SSSR count). The van der Waals surface area contributed by atoms with Gasteiger partial charge in [0.1, 0.15) is 12.4 Å². The van der Waals surface area contributed by atoms with Crippen LogP contribution in [0, 0.1) is 0 Å². The molecule has 0 atom stereocenters. The van der Waals surface area contributed by atoms with E-state index in [-0.39, 0.29) is 12.1 Å². The van der Waals surface area contributed by atoms with Crippen molar-refractivity contribution >= 4 is 15.9 Å². The molecule has 1 N–H and O–H groups in total. The number of aliphatic hydroxyl groups excluding tert-OH is 1. The topological polar surface area (TPSA) is 32.7 Å². The fourth-order valence-corrected chi connectivity index (χ4v) is 1.52. The molecule has 0 radical (unpaired) electrons. The third kappa shape index (κ3) is 4.66. The molecule has 4 heteroatoms. The molecular formula is C13H20BrNO2. The third-order valence-electron chi connectivity index (χ3n) is 2.93. The smallest absolute Gasteiger partial charge is 0.119 e. The number of likely N-dealkylation sites (N-methyl/N-ethyl adjacent to an activating group) is 1. The van der Waals surface area contributed by atoms with Crippen molar-refractivity contribution < 1.29 is 9.84 Å². The molecule has 0 heterocycles. The van der Waals surface area contributed by atoms with Crippen LogP contribution in [0.15, 0.2) is 28.7 Å². The van der Waals surface area contributed by atoms with E-state index in [1.54, 1.807) is 0 Å². The van der Waals surface area contributed by atoms with Crippen LogP contribution in [0.3, 0.4) is 0 Å². The van der Waals surface area contributed by atoms with Crippen molar-refractivity contribution in [3.63, 3.8) is 0 Å². The zero-order valence-electron chi connectivity index (χ0n) is 10.6. The summed E-state index contributed by atoms with van der Waals surface area (Å²) < 4.78 is 6.67. The maximum atomic E-state index is 9.22. The summed E-state index contributed by atoms with van der Waals surface area (Å²) in [7, 11) is 1.99. The molecular weight excluding hydrogens is 282 g/mol. The standard InChI is InChI=1S/C13H20BrNO2/c1-13(2,10-16)15(3)8-9-17-12-6-4-11(14)5-7-12/h4-7,16H,8-10H2,1-3H3. The maximum absolute atomic E-state index is 9.22. The summed E-state index contributed by atoms with van der Waals surface area (Å²) in [5.41, 5.74) is -0.205. The lowest BCUT2D eigenvalue weighted by Gasteiger charge is -2.33. The van der Waals surface area contributed by atoms with Crippen molar-refractivity contribution in [1.29, 1.82) is 0 Å². The lowest BCUT2D eigenvalue weighted by Crippen LogP contribution is -2.45. The van der Waals surface area contributed by atoms with Gasteiger partial charge in [-0.25, -0.2) is 0 Å². The molecule has 0 fully saturated rings. The molecule has 96 valence electrons. The summed E-state index contributed by atoms with van der Waals surface area (Å²) in [5.74, 6) is 0.864. The summed E-state index contributed by atoms with van der Waals surface area (Å²) in [5, 5.41) is 9.22. The van der Waals surface area contributed by atoms with Crippen LogP contribution in [0.5, 0.6) is 5.75 Å². The molecule has 0 unspecified atom stereocenters. The zero-order valence-corrected chi connectivity index (χ0v) is 12.2. The number of hydrogen-bond donors (Lipinski definition) is 1. The Hall–Kier alpha value is -0.580. The predicted octanol–water partition coefficient (Wildman–Crippen LogP) is 2.53. The Bertz CT molecular complexity index is 338. The Labute approximate surface area is 112 Å². The monoisotopic (exact) mass is 301 g/mol. The van der Waals surface area contributed by atoms with Crippen LogP contribution in [0.1, 0.15) is 13.8 Å². The van der Waals surface area contributed by atoms with Crippen LogP contribution < -0.4 is 4.74 Å². The van der Waals surface area contributed by atoms with Gasteiger partial charge in [-0.05, 0) is 45.2 Å². The molecule has 3 nitrogen and oxygen atoms in total. The van der Waals surface area contributed by atoms with Gasteiger partial charge < -0.3 is 9.84 Å². The molecule has 0 saturated heterocycles. The second-order valence-electron chi connectivity index (χ2n) is 4.69. The first kappa shape index (κ1) is 14.5. The van der Waals surface area contributed by atoms with Crippen molar-refractivity contribution in [2.45, 2.75) is 19.4 Å². The highest BCUT2D eigenvalue weighted by Crippen LogP contribution is 2.16. The highest BCUT2D eigenvalue weighted by atomic mass is 79.9. The molecule has 0 aliphatic heterocycles.